The second kappa shape index (κ2) is 9.03. The van der Waals surface area contributed by atoms with Crippen molar-refractivity contribution in [3.05, 3.63) is 70.3 Å². The summed E-state index contributed by atoms with van der Waals surface area (Å²) in [5.74, 6) is 0.956. The Bertz CT molecular complexity index is 1270. The van der Waals surface area contributed by atoms with Crippen molar-refractivity contribution in [3.63, 3.8) is 0 Å². The van der Waals surface area contributed by atoms with E-state index in [1.54, 1.807) is 17.7 Å². The number of nitrogens with zero attached hydrogens (tertiary/aromatic N) is 4. The maximum atomic E-state index is 13.2. The Labute approximate surface area is 184 Å². The van der Waals surface area contributed by atoms with Gasteiger partial charge in [-0.05, 0) is 45.0 Å². The van der Waals surface area contributed by atoms with Crippen LogP contribution in [0.25, 0.3) is 22.4 Å². The van der Waals surface area contributed by atoms with Crippen LogP contribution in [0, 0.1) is 6.92 Å². The van der Waals surface area contributed by atoms with Crippen molar-refractivity contribution < 1.29 is 9.15 Å². The summed E-state index contributed by atoms with van der Waals surface area (Å²) in [7, 11) is 1.62. The fourth-order valence-corrected chi connectivity index (χ4v) is 4.45. The van der Waals surface area contributed by atoms with E-state index in [0.717, 1.165) is 11.1 Å². The van der Waals surface area contributed by atoms with Crippen molar-refractivity contribution in [2.24, 2.45) is 0 Å². The van der Waals surface area contributed by atoms with Crippen LogP contribution in [-0.2, 0) is 4.74 Å². The second-order valence-corrected chi connectivity index (χ2v) is 8.77. The van der Waals surface area contributed by atoms with Crippen molar-refractivity contribution in [3.8, 4) is 11.5 Å². The molecule has 8 heteroatoms. The number of benzene rings is 2. The van der Waals surface area contributed by atoms with Crippen LogP contribution in [0.5, 0.6) is 0 Å². The molecule has 0 spiro atoms. The minimum atomic E-state index is -0.194. The average Bonchev–Trinajstić information content (AvgIpc) is 3.25. The van der Waals surface area contributed by atoms with Gasteiger partial charge in [0, 0.05) is 12.7 Å². The zero-order chi connectivity index (χ0) is 22.0. The molecule has 0 saturated heterocycles. The number of hydrogen-bond donors (Lipinski definition) is 0. The SMILES string of the molecule is COC[C@H](C)n1c(S[C@H](C)c2nnc(-c3cccc(C)c3)o2)nc2ccccc2c1=O. The van der Waals surface area contributed by atoms with Crippen LogP contribution < -0.4 is 5.56 Å². The molecule has 0 aliphatic rings. The highest BCUT2D eigenvalue weighted by molar-refractivity contribution is 7.99. The highest BCUT2D eigenvalue weighted by Crippen LogP contribution is 2.35. The van der Waals surface area contributed by atoms with Crippen molar-refractivity contribution in [2.45, 2.75) is 37.2 Å². The zero-order valence-electron chi connectivity index (χ0n) is 17.9. The van der Waals surface area contributed by atoms with Crippen molar-refractivity contribution >= 4 is 22.7 Å². The van der Waals surface area contributed by atoms with E-state index in [-0.39, 0.29) is 16.9 Å². The van der Waals surface area contributed by atoms with E-state index in [9.17, 15) is 4.79 Å². The summed E-state index contributed by atoms with van der Waals surface area (Å²) in [6.07, 6.45) is 0. The van der Waals surface area contributed by atoms with Gasteiger partial charge in [0.05, 0.1) is 28.8 Å². The van der Waals surface area contributed by atoms with Gasteiger partial charge in [-0.1, -0.05) is 41.6 Å². The highest BCUT2D eigenvalue weighted by Gasteiger charge is 2.22. The Hall–Kier alpha value is -2.97. The molecule has 0 bridgehead atoms. The molecule has 0 aliphatic carbocycles. The van der Waals surface area contributed by atoms with Gasteiger partial charge in [-0.2, -0.15) is 0 Å². The van der Waals surface area contributed by atoms with E-state index < -0.39 is 0 Å². The first-order valence-corrected chi connectivity index (χ1v) is 10.9. The van der Waals surface area contributed by atoms with E-state index in [1.165, 1.54) is 11.8 Å². The van der Waals surface area contributed by atoms with Crippen LogP contribution in [0.15, 0.2) is 62.9 Å². The third kappa shape index (κ3) is 4.40. The molecule has 7 nitrogen and oxygen atoms in total. The molecule has 0 saturated carbocycles. The number of thioether (sulfide) groups is 1. The van der Waals surface area contributed by atoms with E-state index >= 15 is 0 Å². The Morgan fingerprint density at radius 3 is 2.71 bits per heavy atom. The minimum Gasteiger partial charge on any atom is -0.419 e. The zero-order valence-corrected chi connectivity index (χ0v) is 18.7. The first kappa shape index (κ1) is 21.3. The van der Waals surface area contributed by atoms with Gasteiger partial charge in [0.1, 0.15) is 0 Å². The molecule has 0 fully saturated rings. The standard InChI is InChI=1S/C23H24N4O3S/c1-14-8-7-9-17(12-14)21-26-25-20(30-21)16(3)31-23-24-19-11-6-5-10-18(19)22(28)27(23)15(2)13-29-4/h5-12,15-16H,13H2,1-4H3/t15-,16+/m0/s1. The molecule has 2 aromatic heterocycles. The monoisotopic (exact) mass is 436 g/mol. The number of aryl methyl sites for hydroxylation is 1. The molecule has 2 heterocycles. The summed E-state index contributed by atoms with van der Waals surface area (Å²) >= 11 is 1.42. The van der Waals surface area contributed by atoms with E-state index in [0.29, 0.717) is 34.4 Å². The fraction of sp³-hybridized carbons (Fsp3) is 0.304. The molecule has 31 heavy (non-hydrogen) atoms. The summed E-state index contributed by atoms with van der Waals surface area (Å²) in [5.41, 5.74) is 2.58. The molecule has 4 aromatic rings. The molecule has 0 unspecified atom stereocenters. The van der Waals surface area contributed by atoms with Crippen LogP contribution in [-0.4, -0.2) is 33.5 Å². The predicted octanol–water partition coefficient (Wildman–Crippen LogP) is 4.82. The molecule has 2 atom stereocenters. The normalized spacial score (nSPS) is 13.4. The molecular weight excluding hydrogens is 412 g/mol. The predicted molar refractivity (Wildman–Crippen MR) is 121 cm³/mol. The van der Waals surface area contributed by atoms with Gasteiger partial charge < -0.3 is 9.15 Å². The fourth-order valence-electron chi connectivity index (χ4n) is 3.42. The molecule has 0 N–H and O–H groups in total. The van der Waals surface area contributed by atoms with E-state index in [1.807, 2.05) is 63.2 Å². The quantitative estimate of drug-likeness (QED) is 0.303. The third-order valence-corrected chi connectivity index (χ3v) is 6.01. The Kier molecular flexibility index (Phi) is 6.20. The van der Waals surface area contributed by atoms with Gasteiger partial charge in [-0.3, -0.25) is 9.36 Å². The van der Waals surface area contributed by atoms with Crippen molar-refractivity contribution in [2.75, 3.05) is 13.7 Å². The van der Waals surface area contributed by atoms with Gasteiger partial charge in [0.25, 0.3) is 5.56 Å². The van der Waals surface area contributed by atoms with Gasteiger partial charge >= 0.3 is 0 Å². The summed E-state index contributed by atoms with van der Waals surface area (Å²) < 4.78 is 12.9. The van der Waals surface area contributed by atoms with Gasteiger partial charge in [-0.25, -0.2) is 4.98 Å². The molecule has 4 rings (SSSR count). The number of rotatable bonds is 7. The lowest BCUT2D eigenvalue weighted by Gasteiger charge is -2.19. The molecule has 0 aliphatic heterocycles. The number of para-hydroxylation sites is 1. The largest absolute Gasteiger partial charge is 0.419 e. The molecule has 160 valence electrons. The molecule has 0 amide bonds. The van der Waals surface area contributed by atoms with Crippen LogP contribution in [0.1, 0.15) is 36.6 Å². The van der Waals surface area contributed by atoms with Crippen LogP contribution in [0.2, 0.25) is 0 Å². The Morgan fingerprint density at radius 2 is 1.94 bits per heavy atom. The highest BCUT2D eigenvalue weighted by atomic mass is 32.2. The van der Waals surface area contributed by atoms with Crippen molar-refractivity contribution in [1.29, 1.82) is 0 Å². The molecular formula is C23H24N4O3S. The van der Waals surface area contributed by atoms with Gasteiger partial charge in [0.2, 0.25) is 11.8 Å². The topological polar surface area (TPSA) is 83.0 Å². The average molecular weight is 437 g/mol. The van der Waals surface area contributed by atoms with Crippen LogP contribution in [0.4, 0.5) is 0 Å². The lowest BCUT2D eigenvalue weighted by Crippen LogP contribution is -2.28. The first-order valence-electron chi connectivity index (χ1n) is 10.0. The van der Waals surface area contributed by atoms with Gasteiger partial charge in [0.15, 0.2) is 5.16 Å². The smallest absolute Gasteiger partial charge is 0.262 e. The minimum absolute atomic E-state index is 0.0872. The lowest BCUT2D eigenvalue weighted by atomic mass is 10.1. The second-order valence-electron chi connectivity index (χ2n) is 7.47. The number of methoxy groups -OCH3 is 1. The number of ether oxygens (including phenoxy) is 1. The number of hydrogen-bond acceptors (Lipinski definition) is 7. The first-order chi connectivity index (χ1) is 15.0. The van der Waals surface area contributed by atoms with Crippen molar-refractivity contribution in [1.82, 2.24) is 19.7 Å². The maximum absolute atomic E-state index is 13.2. The van der Waals surface area contributed by atoms with E-state index in [4.69, 9.17) is 14.1 Å². The van der Waals surface area contributed by atoms with Gasteiger partial charge in [-0.15, -0.1) is 10.2 Å². The Morgan fingerprint density at radius 1 is 1.13 bits per heavy atom. The summed E-state index contributed by atoms with van der Waals surface area (Å²) in [5, 5.41) is 9.43. The molecule has 2 aromatic carbocycles. The van der Waals surface area contributed by atoms with Crippen LogP contribution >= 0.6 is 11.8 Å². The summed E-state index contributed by atoms with van der Waals surface area (Å²) in [6, 6.07) is 15.1. The maximum Gasteiger partial charge on any atom is 0.262 e. The summed E-state index contributed by atoms with van der Waals surface area (Å²) in [4.78, 5) is 18.0. The number of aromatic nitrogens is 4. The lowest BCUT2D eigenvalue weighted by molar-refractivity contribution is 0.156. The third-order valence-electron chi connectivity index (χ3n) is 4.96. The molecule has 0 radical (unpaired) electrons. The summed E-state index contributed by atoms with van der Waals surface area (Å²) in [6.45, 7) is 6.33. The number of fused-ring (bicyclic) bond motifs is 1. The van der Waals surface area contributed by atoms with E-state index in [2.05, 4.69) is 10.2 Å². The van der Waals surface area contributed by atoms with Crippen LogP contribution in [0.3, 0.4) is 0 Å². The Balaban J connectivity index is 1.69.